The molecule has 0 unspecified atom stereocenters. The zero-order valence-electron chi connectivity index (χ0n) is 12.0. The van der Waals surface area contributed by atoms with Crippen LogP contribution in [0.25, 0.3) is 33.1 Å². The van der Waals surface area contributed by atoms with Gasteiger partial charge in [-0.1, -0.05) is 29.8 Å². The molecule has 4 aromatic rings. The van der Waals surface area contributed by atoms with E-state index < -0.39 is 0 Å². The quantitative estimate of drug-likeness (QED) is 0.439. The fourth-order valence-electron chi connectivity index (χ4n) is 2.86. The Morgan fingerprint density at radius 1 is 0.909 bits per heavy atom. The van der Waals surface area contributed by atoms with Crippen LogP contribution in [0.3, 0.4) is 0 Å². The molecule has 0 spiro atoms. The van der Waals surface area contributed by atoms with Crippen molar-refractivity contribution in [2.75, 3.05) is 0 Å². The van der Waals surface area contributed by atoms with Crippen molar-refractivity contribution in [2.45, 2.75) is 6.92 Å². The minimum Gasteiger partial charge on any atom is -0.256 e. The standard InChI is InChI=1S/C19H13ClN2/c1-12-11-18(13-4-6-14(20)7-5-13)22-17-9-8-16-15(19(12)17)3-2-10-21-16/h2-11H,1H3. The van der Waals surface area contributed by atoms with Gasteiger partial charge in [-0.2, -0.15) is 0 Å². The average molecular weight is 305 g/mol. The lowest BCUT2D eigenvalue weighted by Gasteiger charge is -2.09. The van der Waals surface area contributed by atoms with Crippen LogP contribution >= 0.6 is 11.6 Å². The summed E-state index contributed by atoms with van der Waals surface area (Å²) in [5.41, 5.74) is 5.23. The van der Waals surface area contributed by atoms with Crippen molar-refractivity contribution in [1.29, 1.82) is 0 Å². The highest BCUT2D eigenvalue weighted by atomic mass is 35.5. The molecule has 0 aliphatic rings. The van der Waals surface area contributed by atoms with Crippen molar-refractivity contribution in [2.24, 2.45) is 0 Å². The molecule has 0 aliphatic carbocycles. The Hall–Kier alpha value is -2.45. The SMILES string of the molecule is Cc1cc(-c2ccc(Cl)cc2)nc2ccc3ncccc3c12. The van der Waals surface area contributed by atoms with Gasteiger partial charge in [0.2, 0.25) is 0 Å². The lowest BCUT2D eigenvalue weighted by atomic mass is 10.0. The van der Waals surface area contributed by atoms with E-state index in [0.29, 0.717) is 0 Å². The summed E-state index contributed by atoms with van der Waals surface area (Å²) in [6.45, 7) is 2.12. The molecular formula is C19H13ClN2. The Bertz CT molecular complexity index is 991. The van der Waals surface area contributed by atoms with E-state index >= 15 is 0 Å². The summed E-state index contributed by atoms with van der Waals surface area (Å²) in [6, 6.07) is 18.0. The van der Waals surface area contributed by atoms with E-state index in [9.17, 15) is 0 Å². The molecule has 0 atom stereocenters. The molecule has 0 saturated carbocycles. The van der Waals surface area contributed by atoms with Gasteiger partial charge in [-0.3, -0.25) is 4.98 Å². The van der Waals surface area contributed by atoms with Crippen LogP contribution in [0.1, 0.15) is 5.56 Å². The predicted molar refractivity (Wildman–Crippen MR) is 92.2 cm³/mol. The number of halogens is 1. The number of hydrogen-bond acceptors (Lipinski definition) is 2. The third-order valence-corrected chi connectivity index (χ3v) is 4.14. The van der Waals surface area contributed by atoms with Crippen LogP contribution in [0.2, 0.25) is 5.02 Å². The Morgan fingerprint density at radius 3 is 2.50 bits per heavy atom. The first-order valence-corrected chi connectivity index (χ1v) is 7.51. The maximum atomic E-state index is 5.96. The number of aryl methyl sites for hydroxylation is 1. The van der Waals surface area contributed by atoms with E-state index in [-0.39, 0.29) is 0 Å². The highest BCUT2D eigenvalue weighted by Gasteiger charge is 2.08. The van der Waals surface area contributed by atoms with Gasteiger partial charge in [-0.15, -0.1) is 0 Å². The molecule has 2 heterocycles. The zero-order chi connectivity index (χ0) is 15.1. The minimum absolute atomic E-state index is 0.735. The summed E-state index contributed by atoms with van der Waals surface area (Å²) in [6.07, 6.45) is 1.82. The highest BCUT2D eigenvalue weighted by molar-refractivity contribution is 6.30. The summed E-state index contributed by atoms with van der Waals surface area (Å²) in [7, 11) is 0. The normalized spacial score (nSPS) is 11.2. The molecule has 3 heteroatoms. The first-order valence-electron chi connectivity index (χ1n) is 7.13. The fourth-order valence-corrected chi connectivity index (χ4v) is 2.98. The van der Waals surface area contributed by atoms with Gasteiger partial charge in [0.15, 0.2) is 0 Å². The molecule has 0 bridgehead atoms. The van der Waals surface area contributed by atoms with Gasteiger partial charge < -0.3 is 0 Å². The second kappa shape index (κ2) is 5.08. The molecule has 106 valence electrons. The van der Waals surface area contributed by atoms with Crippen LogP contribution in [0.5, 0.6) is 0 Å². The monoisotopic (exact) mass is 304 g/mol. The van der Waals surface area contributed by atoms with Gasteiger partial charge in [-0.05, 0) is 48.9 Å². The number of benzene rings is 2. The average Bonchev–Trinajstić information content (AvgIpc) is 2.55. The molecule has 4 rings (SSSR count). The van der Waals surface area contributed by atoms with Crippen molar-refractivity contribution < 1.29 is 0 Å². The molecule has 0 saturated heterocycles. The Kier molecular flexibility index (Phi) is 3.05. The first-order chi connectivity index (χ1) is 10.7. The molecule has 0 amide bonds. The maximum absolute atomic E-state index is 5.96. The number of nitrogens with zero attached hydrogens (tertiary/aromatic N) is 2. The second-order valence-corrected chi connectivity index (χ2v) is 5.80. The molecule has 0 fully saturated rings. The molecular weight excluding hydrogens is 292 g/mol. The first kappa shape index (κ1) is 13.2. The van der Waals surface area contributed by atoms with Gasteiger partial charge in [0.25, 0.3) is 0 Å². The largest absolute Gasteiger partial charge is 0.256 e. The van der Waals surface area contributed by atoms with Crippen LogP contribution in [0, 0.1) is 6.92 Å². The van der Waals surface area contributed by atoms with Crippen molar-refractivity contribution >= 4 is 33.4 Å². The number of rotatable bonds is 1. The Morgan fingerprint density at radius 2 is 1.68 bits per heavy atom. The molecule has 0 aliphatic heterocycles. The summed E-state index contributed by atoms with van der Waals surface area (Å²) in [5, 5.41) is 3.05. The number of aromatic nitrogens is 2. The second-order valence-electron chi connectivity index (χ2n) is 5.36. The smallest absolute Gasteiger partial charge is 0.0719 e. The van der Waals surface area contributed by atoms with Gasteiger partial charge in [0.1, 0.15) is 0 Å². The van der Waals surface area contributed by atoms with Gasteiger partial charge >= 0.3 is 0 Å². The van der Waals surface area contributed by atoms with E-state index in [2.05, 4.69) is 24.0 Å². The van der Waals surface area contributed by atoms with Crippen LogP contribution in [0.4, 0.5) is 0 Å². The van der Waals surface area contributed by atoms with E-state index in [1.54, 1.807) is 0 Å². The third-order valence-electron chi connectivity index (χ3n) is 3.89. The number of pyridine rings is 2. The molecule has 2 aromatic carbocycles. The van der Waals surface area contributed by atoms with Crippen LogP contribution in [0.15, 0.2) is 60.8 Å². The van der Waals surface area contributed by atoms with Crippen LogP contribution in [-0.2, 0) is 0 Å². The van der Waals surface area contributed by atoms with Crippen LogP contribution in [-0.4, -0.2) is 9.97 Å². The minimum atomic E-state index is 0.735. The van der Waals surface area contributed by atoms with Gasteiger partial charge in [0, 0.05) is 27.6 Å². The van der Waals surface area contributed by atoms with Crippen molar-refractivity contribution in [1.82, 2.24) is 9.97 Å². The summed E-state index contributed by atoms with van der Waals surface area (Å²) in [4.78, 5) is 9.24. The highest BCUT2D eigenvalue weighted by Crippen LogP contribution is 2.29. The fraction of sp³-hybridized carbons (Fsp3) is 0.0526. The molecule has 2 aromatic heterocycles. The van der Waals surface area contributed by atoms with Gasteiger partial charge in [0.05, 0.1) is 16.7 Å². The Balaban J connectivity index is 2.01. The lowest BCUT2D eigenvalue weighted by Crippen LogP contribution is -1.90. The van der Waals surface area contributed by atoms with Crippen LogP contribution < -0.4 is 0 Å². The summed E-state index contributed by atoms with van der Waals surface area (Å²) in [5.74, 6) is 0. The topological polar surface area (TPSA) is 25.8 Å². The summed E-state index contributed by atoms with van der Waals surface area (Å²) < 4.78 is 0. The van der Waals surface area contributed by atoms with Gasteiger partial charge in [-0.25, -0.2) is 4.98 Å². The maximum Gasteiger partial charge on any atom is 0.0719 e. The van der Waals surface area contributed by atoms with Crippen molar-refractivity contribution in [3.8, 4) is 11.3 Å². The molecule has 2 nitrogen and oxygen atoms in total. The lowest BCUT2D eigenvalue weighted by molar-refractivity contribution is 1.36. The third kappa shape index (κ3) is 2.13. The number of hydrogen-bond donors (Lipinski definition) is 0. The number of fused-ring (bicyclic) bond motifs is 3. The van der Waals surface area contributed by atoms with E-state index in [1.165, 1.54) is 10.9 Å². The molecule has 22 heavy (non-hydrogen) atoms. The molecule has 0 radical (unpaired) electrons. The van der Waals surface area contributed by atoms with E-state index in [4.69, 9.17) is 16.6 Å². The molecule has 0 N–H and O–H groups in total. The summed E-state index contributed by atoms with van der Waals surface area (Å²) >= 11 is 5.96. The predicted octanol–water partition coefficient (Wildman–Crippen LogP) is 5.41. The Labute approximate surface area is 133 Å². The van der Waals surface area contributed by atoms with E-state index in [0.717, 1.165) is 32.7 Å². The van der Waals surface area contributed by atoms with Crippen molar-refractivity contribution in [3.05, 3.63) is 71.4 Å². The van der Waals surface area contributed by atoms with Crippen molar-refractivity contribution in [3.63, 3.8) is 0 Å². The zero-order valence-corrected chi connectivity index (χ0v) is 12.8. The van der Waals surface area contributed by atoms with E-state index in [1.807, 2.05) is 48.7 Å².